The second kappa shape index (κ2) is 8.17. The molecule has 2 heterocycles. The minimum absolute atomic E-state index is 0.106. The lowest BCUT2D eigenvalue weighted by Gasteiger charge is -2.38. The first kappa shape index (κ1) is 19.9. The highest BCUT2D eigenvalue weighted by Crippen LogP contribution is 2.37. The Morgan fingerprint density at radius 2 is 1.69 bits per heavy atom. The maximum absolute atomic E-state index is 13.5. The van der Waals surface area contributed by atoms with Gasteiger partial charge in [0, 0.05) is 12.1 Å². The van der Waals surface area contributed by atoms with Crippen LogP contribution >= 0.6 is 0 Å². The van der Waals surface area contributed by atoms with Crippen molar-refractivity contribution in [3.63, 3.8) is 0 Å². The van der Waals surface area contributed by atoms with Crippen molar-refractivity contribution in [3.8, 4) is 5.75 Å². The van der Waals surface area contributed by atoms with Crippen molar-refractivity contribution in [3.05, 3.63) is 65.7 Å². The van der Waals surface area contributed by atoms with E-state index >= 15 is 0 Å². The number of ether oxygens (including phenoxy) is 1. The van der Waals surface area contributed by atoms with Crippen LogP contribution in [0.3, 0.4) is 0 Å². The van der Waals surface area contributed by atoms with Gasteiger partial charge in [0.15, 0.2) is 0 Å². The van der Waals surface area contributed by atoms with Gasteiger partial charge in [0.05, 0.1) is 6.61 Å². The molecule has 154 valence electrons. The van der Waals surface area contributed by atoms with Gasteiger partial charge in [-0.15, -0.1) is 0 Å². The Hall–Kier alpha value is -2.37. The number of aromatic hydroxyl groups is 1. The molecule has 2 aliphatic rings. The minimum Gasteiger partial charge on any atom is -0.508 e. The number of benzene rings is 2. The second-order valence-corrected chi connectivity index (χ2v) is 8.50. The van der Waals surface area contributed by atoms with Crippen molar-refractivity contribution in [2.75, 3.05) is 13.7 Å². The summed E-state index contributed by atoms with van der Waals surface area (Å²) < 4.78 is 6.05. The van der Waals surface area contributed by atoms with E-state index in [1.807, 2.05) is 30.3 Å². The Balaban J connectivity index is 1.60. The zero-order valence-electron chi connectivity index (χ0n) is 16.8. The van der Waals surface area contributed by atoms with Gasteiger partial charge in [0.2, 0.25) is 0 Å². The van der Waals surface area contributed by atoms with Crippen LogP contribution in [0.25, 0.3) is 0 Å². The molecule has 2 bridgehead atoms. The average molecular weight is 395 g/mol. The molecule has 2 saturated heterocycles. The van der Waals surface area contributed by atoms with E-state index in [4.69, 9.17) is 4.74 Å². The lowest BCUT2D eigenvalue weighted by Crippen LogP contribution is -2.48. The van der Waals surface area contributed by atoms with E-state index in [1.165, 1.54) is 0 Å². The lowest BCUT2D eigenvalue weighted by atomic mass is 9.76. The van der Waals surface area contributed by atoms with Gasteiger partial charge in [0.1, 0.15) is 17.3 Å². The molecule has 3 atom stereocenters. The molecule has 29 heavy (non-hydrogen) atoms. The highest BCUT2D eigenvalue weighted by Gasteiger charge is 2.45. The number of nitrogens with zero attached hydrogens (tertiary/aromatic N) is 1. The van der Waals surface area contributed by atoms with Crippen LogP contribution in [0.5, 0.6) is 5.75 Å². The molecule has 2 N–H and O–H groups in total. The molecular weight excluding hydrogens is 366 g/mol. The van der Waals surface area contributed by atoms with E-state index in [9.17, 15) is 15.0 Å². The summed E-state index contributed by atoms with van der Waals surface area (Å²) in [5.74, 6) is -0.194. The first-order chi connectivity index (χ1) is 14.0. The van der Waals surface area contributed by atoms with E-state index in [0.717, 1.165) is 36.8 Å². The van der Waals surface area contributed by atoms with Gasteiger partial charge in [-0.25, -0.2) is 0 Å². The summed E-state index contributed by atoms with van der Waals surface area (Å²) in [6, 6.07) is 17.1. The first-order valence-electron chi connectivity index (χ1n) is 10.4. The highest BCUT2D eigenvalue weighted by molar-refractivity contribution is 5.84. The molecule has 5 nitrogen and oxygen atoms in total. The summed E-state index contributed by atoms with van der Waals surface area (Å²) in [6.45, 7) is -0.337. The summed E-state index contributed by atoms with van der Waals surface area (Å²) in [5.41, 5.74) is 0.443. The molecule has 0 aromatic heterocycles. The number of aliphatic hydroxyl groups is 1. The minimum atomic E-state index is -1.17. The zero-order valence-corrected chi connectivity index (χ0v) is 16.8. The van der Waals surface area contributed by atoms with Gasteiger partial charge in [-0.3, -0.25) is 4.79 Å². The number of carbonyl (C=O) groups is 1. The highest BCUT2D eigenvalue weighted by atomic mass is 16.5. The van der Waals surface area contributed by atoms with E-state index in [-0.39, 0.29) is 24.4 Å². The number of rotatable bonds is 6. The van der Waals surface area contributed by atoms with Crippen molar-refractivity contribution in [1.29, 1.82) is 0 Å². The fraction of sp³-hybridized carbons (Fsp3) is 0.458. The van der Waals surface area contributed by atoms with Crippen LogP contribution in [0.15, 0.2) is 54.6 Å². The van der Waals surface area contributed by atoms with Gasteiger partial charge in [-0.05, 0) is 62.4 Å². The molecule has 5 heteroatoms. The Morgan fingerprint density at radius 1 is 1.07 bits per heavy atom. The quantitative estimate of drug-likeness (QED) is 0.736. The van der Waals surface area contributed by atoms with Crippen molar-refractivity contribution in [2.24, 2.45) is 0 Å². The molecule has 0 aliphatic carbocycles. The third-order valence-corrected chi connectivity index (χ3v) is 6.76. The number of phenols is 1. The maximum Gasteiger partial charge on any atom is 0.319 e. The van der Waals surface area contributed by atoms with Gasteiger partial charge in [-0.1, -0.05) is 42.5 Å². The predicted octanol–water partition coefficient (Wildman–Crippen LogP) is 3.03. The van der Waals surface area contributed by atoms with Crippen LogP contribution in [0.2, 0.25) is 0 Å². The molecule has 2 fully saturated rings. The normalized spacial score (nSPS) is 26.1. The zero-order chi connectivity index (χ0) is 20.4. The molecule has 0 radical (unpaired) electrons. The number of hydrogen-bond acceptors (Lipinski definition) is 5. The third-order valence-electron chi connectivity index (χ3n) is 6.76. The van der Waals surface area contributed by atoms with Gasteiger partial charge >= 0.3 is 5.97 Å². The third kappa shape index (κ3) is 3.89. The molecular formula is C24H29NO4. The summed E-state index contributed by atoms with van der Waals surface area (Å²) >= 11 is 0. The standard InChI is InChI=1S/C24H29NO4/c1-25-19-9-10-20(25)14-22(13-19)29-23(28)24(16-26,18-5-3-2-4-6-18)15-17-7-11-21(27)12-8-17/h2-8,11-12,19-20,22,26-27H,9-10,13-16H2,1H3. The van der Waals surface area contributed by atoms with Crippen LogP contribution in [-0.2, 0) is 21.4 Å². The summed E-state index contributed by atoms with van der Waals surface area (Å²) in [6.07, 6.45) is 4.24. The fourth-order valence-corrected chi connectivity index (χ4v) is 4.95. The Kier molecular flexibility index (Phi) is 5.61. The predicted molar refractivity (Wildman–Crippen MR) is 111 cm³/mol. The molecule has 2 aliphatic heterocycles. The number of aliphatic hydroxyl groups excluding tert-OH is 1. The molecule has 0 saturated carbocycles. The smallest absolute Gasteiger partial charge is 0.319 e. The van der Waals surface area contributed by atoms with Gasteiger partial charge in [0.25, 0.3) is 0 Å². The summed E-state index contributed by atoms with van der Waals surface area (Å²) in [5, 5.41) is 20.0. The van der Waals surface area contributed by atoms with Gasteiger partial charge in [-0.2, -0.15) is 0 Å². The van der Waals surface area contributed by atoms with Crippen molar-refractivity contribution in [1.82, 2.24) is 4.90 Å². The van der Waals surface area contributed by atoms with E-state index in [0.29, 0.717) is 18.5 Å². The number of carbonyl (C=O) groups excluding carboxylic acids is 1. The van der Waals surface area contributed by atoms with E-state index < -0.39 is 5.41 Å². The molecule has 0 spiro atoms. The van der Waals surface area contributed by atoms with Crippen molar-refractivity contribution < 1.29 is 19.7 Å². The van der Waals surface area contributed by atoms with Crippen LogP contribution in [0.4, 0.5) is 0 Å². The first-order valence-corrected chi connectivity index (χ1v) is 10.4. The molecule has 2 aromatic rings. The largest absolute Gasteiger partial charge is 0.508 e. The fourth-order valence-electron chi connectivity index (χ4n) is 4.95. The van der Waals surface area contributed by atoms with Gasteiger partial charge < -0.3 is 19.8 Å². The summed E-state index contributed by atoms with van der Waals surface area (Å²) in [4.78, 5) is 15.9. The Labute approximate surface area is 171 Å². The van der Waals surface area contributed by atoms with Crippen molar-refractivity contribution >= 4 is 5.97 Å². The van der Waals surface area contributed by atoms with E-state index in [2.05, 4.69) is 11.9 Å². The number of hydrogen-bond donors (Lipinski definition) is 2. The van der Waals surface area contributed by atoms with Crippen LogP contribution in [0, 0.1) is 0 Å². The number of phenolic OH excluding ortho intramolecular Hbond substituents is 1. The molecule has 4 rings (SSSR count). The molecule has 3 unspecified atom stereocenters. The molecule has 2 aromatic carbocycles. The Morgan fingerprint density at radius 3 is 2.28 bits per heavy atom. The lowest BCUT2D eigenvalue weighted by molar-refractivity contribution is -0.161. The number of fused-ring (bicyclic) bond motifs is 2. The molecule has 0 amide bonds. The van der Waals surface area contributed by atoms with Crippen LogP contribution in [-0.4, -0.2) is 52.9 Å². The average Bonchev–Trinajstić information content (AvgIpc) is 2.94. The van der Waals surface area contributed by atoms with E-state index in [1.54, 1.807) is 24.3 Å². The maximum atomic E-state index is 13.5. The summed E-state index contributed by atoms with van der Waals surface area (Å²) in [7, 11) is 2.16. The van der Waals surface area contributed by atoms with Crippen LogP contribution < -0.4 is 0 Å². The number of esters is 1. The monoisotopic (exact) mass is 395 g/mol. The number of piperidine rings is 1. The van der Waals surface area contributed by atoms with Crippen molar-refractivity contribution in [2.45, 2.75) is 55.7 Å². The topological polar surface area (TPSA) is 70.0 Å². The Bertz CT molecular complexity index is 824. The van der Waals surface area contributed by atoms with Crippen LogP contribution in [0.1, 0.15) is 36.8 Å². The second-order valence-electron chi connectivity index (χ2n) is 8.50. The SMILES string of the molecule is CN1C2CCC1CC(OC(=O)C(CO)(Cc1ccc(O)cc1)c1ccccc1)C2.